The number of nitrogens with zero attached hydrogens (tertiary/aromatic N) is 3. The summed E-state index contributed by atoms with van der Waals surface area (Å²) in [7, 11) is 0. The van der Waals surface area contributed by atoms with Gasteiger partial charge in [-0.15, -0.1) is 11.3 Å². The Kier molecular flexibility index (Phi) is 5.90. The highest BCUT2D eigenvalue weighted by molar-refractivity contribution is 7.26. The minimum absolute atomic E-state index is 0.200. The SMILES string of the molecule is C=C1C(c2ccccc2)=NC(c2ccc(-n3c4ccccc4c4c5c(ccc43)sc3ccccc35)cc2)=NC1c1ccccc1. The van der Waals surface area contributed by atoms with Gasteiger partial charge in [0.05, 0.1) is 16.7 Å². The van der Waals surface area contributed by atoms with Crippen molar-refractivity contribution in [2.24, 2.45) is 9.98 Å². The van der Waals surface area contributed by atoms with Crippen LogP contribution in [0.15, 0.2) is 168 Å². The summed E-state index contributed by atoms with van der Waals surface area (Å²) in [5.41, 5.74) is 8.44. The third-order valence-electron chi connectivity index (χ3n) is 8.83. The van der Waals surface area contributed by atoms with Crippen LogP contribution in [0.4, 0.5) is 0 Å². The van der Waals surface area contributed by atoms with Gasteiger partial charge in [-0.2, -0.15) is 0 Å². The van der Waals surface area contributed by atoms with E-state index in [1.165, 1.54) is 42.0 Å². The molecule has 3 nitrogen and oxygen atoms in total. The molecule has 3 heterocycles. The molecule has 2 aromatic heterocycles. The van der Waals surface area contributed by atoms with Gasteiger partial charge in [0.2, 0.25) is 0 Å². The third kappa shape index (κ3) is 4.10. The van der Waals surface area contributed by atoms with Crippen LogP contribution in [0.3, 0.4) is 0 Å². The normalized spacial score (nSPS) is 15.2. The summed E-state index contributed by atoms with van der Waals surface area (Å²) in [6, 6.07) is 51.2. The lowest BCUT2D eigenvalue weighted by molar-refractivity contribution is 0.874. The fraction of sp³-hybridized carbons (Fsp3) is 0.0244. The van der Waals surface area contributed by atoms with Crippen molar-refractivity contribution in [2.75, 3.05) is 0 Å². The Labute approximate surface area is 264 Å². The van der Waals surface area contributed by atoms with Crippen LogP contribution < -0.4 is 0 Å². The van der Waals surface area contributed by atoms with Crippen molar-refractivity contribution in [1.82, 2.24) is 4.57 Å². The summed E-state index contributed by atoms with van der Waals surface area (Å²) in [6.45, 7) is 4.46. The molecule has 0 fully saturated rings. The quantitative estimate of drug-likeness (QED) is 0.194. The Hall–Kier alpha value is -5.58. The first kappa shape index (κ1) is 25.9. The summed E-state index contributed by atoms with van der Waals surface area (Å²) in [6.07, 6.45) is 0. The van der Waals surface area contributed by atoms with Crippen molar-refractivity contribution < 1.29 is 0 Å². The zero-order valence-corrected chi connectivity index (χ0v) is 25.2. The molecule has 45 heavy (non-hydrogen) atoms. The van der Waals surface area contributed by atoms with E-state index in [0.717, 1.165) is 39.5 Å². The molecule has 0 bridgehead atoms. The highest BCUT2D eigenvalue weighted by Crippen LogP contribution is 2.43. The lowest BCUT2D eigenvalue weighted by Crippen LogP contribution is -2.20. The molecule has 6 aromatic carbocycles. The molecule has 9 rings (SSSR count). The van der Waals surface area contributed by atoms with Gasteiger partial charge in [-0.1, -0.05) is 104 Å². The van der Waals surface area contributed by atoms with E-state index < -0.39 is 0 Å². The topological polar surface area (TPSA) is 29.6 Å². The van der Waals surface area contributed by atoms with Gasteiger partial charge in [-0.3, -0.25) is 4.99 Å². The standard InChI is InChI=1S/C41H27N3S/c1-26-39(27-12-4-2-5-13-27)42-41(43-40(26)28-14-6-3-7-15-28)29-20-22-30(23-21-29)44-33-18-10-8-16-31(33)37-34(44)24-25-36-38(37)32-17-9-11-19-35(32)45-36/h2-25,39H,1H2. The van der Waals surface area contributed by atoms with Crippen molar-refractivity contribution >= 4 is 64.9 Å². The van der Waals surface area contributed by atoms with E-state index in [4.69, 9.17) is 9.98 Å². The Morgan fingerprint density at radius 2 is 1.24 bits per heavy atom. The van der Waals surface area contributed by atoms with Crippen LogP contribution in [0.1, 0.15) is 22.7 Å². The second-order valence-corrected chi connectivity index (χ2v) is 12.5. The van der Waals surface area contributed by atoms with Gasteiger partial charge in [0.25, 0.3) is 0 Å². The molecule has 0 amide bonds. The summed E-state index contributed by atoms with van der Waals surface area (Å²) in [5, 5.41) is 5.23. The first-order chi connectivity index (χ1) is 22.2. The molecule has 8 aromatic rings. The molecule has 1 atom stereocenters. The van der Waals surface area contributed by atoms with Crippen LogP contribution >= 0.6 is 11.3 Å². The first-order valence-corrected chi connectivity index (χ1v) is 16.0. The number of thiophene rings is 1. The smallest absolute Gasteiger partial charge is 0.156 e. The fourth-order valence-electron chi connectivity index (χ4n) is 6.74. The number of fused-ring (bicyclic) bond motifs is 7. The van der Waals surface area contributed by atoms with Crippen LogP contribution in [0.2, 0.25) is 0 Å². The monoisotopic (exact) mass is 593 g/mol. The Balaban J connectivity index is 1.20. The maximum absolute atomic E-state index is 5.15. The number of amidine groups is 1. The predicted octanol–water partition coefficient (Wildman–Crippen LogP) is 10.7. The summed E-state index contributed by atoms with van der Waals surface area (Å²) >= 11 is 1.86. The molecule has 1 unspecified atom stereocenters. The minimum atomic E-state index is -0.200. The van der Waals surface area contributed by atoms with Crippen LogP contribution in [-0.4, -0.2) is 16.1 Å². The first-order valence-electron chi connectivity index (χ1n) is 15.1. The highest BCUT2D eigenvalue weighted by Gasteiger charge is 2.26. The van der Waals surface area contributed by atoms with Crippen LogP contribution in [-0.2, 0) is 0 Å². The molecule has 1 aliphatic rings. The fourth-order valence-corrected chi connectivity index (χ4v) is 7.86. The van der Waals surface area contributed by atoms with E-state index >= 15 is 0 Å². The van der Waals surface area contributed by atoms with E-state index in [1.807, 2.05) is 35.6 Å². The number of para-hydroxylation sites is 1. The molecular formula is C41H27N3S. The zero-order valence-electron chi connectivity index (χ0n) is 24.4. The second kappa shape index (κ2) is 10.3. The number of aliphatic imine (C=N–C) groups is 2. The van der Waals surface area contributed by atoms with Gasteiger partial charge in [0.1, 0.15) is 6.04 Å². The van der Waals surface area contributed by atoms with Crippen molar-refractivity contribution in [3.05, 3.63) is 174 Å². The Bertz CT molecular complexity index is 2480. The maximum atomic E-state index is 5.15. The molecule has 4 heteroatoms. The zero-order chi connectivity index (χ0) is 29.9. The lowest BCUT2D eigenvalue weighted by atomic mass is 9.91. The molecule has 212 valence electrons. The van der Waals surface area contributed by atoms with Crippen LogP contribution in [0, 0.1) is 0 Å². The predicted molar refractivity (Wildman–Crippen MR) is 192 cm³/mol. The van der Waals surface area contributed by atoms with Gasteiger partial charge in [0.15, 0.2) is 5.84 Å². The van der Waals surface area contributed by atoms with Crippen molar-refractivity contribution in [3.8, 4) is 5.69 Å². The van der Waals surface area contributed by atoms with E-state index in [0.29, 0.717) is 0 Å². The molecule has 0 radical (unpaired) electrons. The molecule has 0 saturated carbocycles. The average molecular weight is 594 g/mol. The number of hydrogen-bond acceptors (Lipinski definition) is 3. The third-order valence-corrected chi connectivity index (χ3v) is 9.96. The number of aromatic nitrogens is 1. The average Bonchev–Trinajstić information content (AvgIpc) is 3.65. The second-order valence-electron chi connectivity index (χ2n) is 11.4. The van der Waals surface area contributed by atoms with Crippen molar-refractivity contribution in [3.63, 3.8) is 0 Å². The van der Waals surface area contributed by atoms with E-state index in [9.17, 15) is 0 Å². The van der Waals surface area contributed by atoms with Crippen molar-refractivity contribution in [1.29, 1.82) is 0 Å². The molecule has 0 N–H and O–H groups in total. The summed E-state index contributed by atoms with van der Waals surface area (Å²) < 4.78 is 5.02. The van der Waals surface area contributed by atoms with Crippen molar-refractivity contribution in [2.45, 2.75) is 6.04 Å². The van der Waals surface area contributed by atoms with Crippen LogP contribution in [0.5, 0.6) is 0 Å². The minimum Gasteiger partial charge on any atom is -0.309 e. The molecule has 1 aliphatic heterocycles. The van der Waals surface area contributed by atoms with Gasteiger partial charge >= 0.3 is 0 Å². The number of hydrogen-bond donors (Lipinski definition) is 0. The number of benzene rings is 6. The van der Waals surface area contributed by atoms with Gasteiger partial charge in [-0.05, 0) is 54.1 Å². The Morgan fingerprint density at radius 1 is 0.556 bits per heavy atom. The molecule has 0 spiro atoms. The largest absolute Gasteiger partial charge is 0.309 e. The van der Waals surface area contributed by atoms with E-state index in [-0.39, 0.29) is 6.04 Å². The number of rotatable bonds is 4. The van der Waals surface area contributed by atoms with E-state index in [2.05, 4.69) is 132 Å². The van der Waals surface area contributed by atoms with Gasteiger partial charge in [-0.25, -0.2) is 4.99 Å². The van der Waals surface area contributed by atoms with Crippen LogP contribution in [0.25, 0.3) is 47.7 Å². The summed E-state index contributed by atoms with van der Waals surface area (Å²) in [4.78, 5) is 10.2. The van der Waals surface area contributed by atoms with E-state index in [1.54, 1.807) is 0 Å². The molecule has 0 saturated heterocycles. The molecular weight excluding hydrogens is 567 g/mol. The van der Waals surface area contributed by atoms with Gasteiger partial charge in [0, 0.05) is 53.3 Å². The maximum Gasteiger partial charge on any atom is 0.156 e. The molecule has 0 aliphatic carbocycles. The highest BCUT2D eigenvalue weighted by atomic mass is 32.1. The van der Waals surface area contributed by atoms with Gasteiger partial charge < -0.3 is 4.57 Å². The summed E-state index contributed by atoms with van der Waals surface area (Å²) in [5.74, 6) is 0.718. The lowest BCUT2D eigenvalue weighted by Gasteiger charge is -2.24. The Morgan fingerprint density at radius 3 is 2.04 bits per heavy atom.